The van der Waals surface area contributed by atoms with Crippen LogP contribution in [0.5, 0.6) is 0 Å². The first kappa shape index (κ1) is 20.4. The highest BCUT2D eigenvalue weighted by Crippen LogP contribution is 2.51. The topological polar surface area (TPSA) is 70.1 Å². The molecule has 2 aromatic rings. The second-order valence-corrected chi connectivity index (χ2v) is 10.9. The number of halogens is 2. The Morgan fingerprint density at radius 1 is 1.21 bits per heavy atom. The van der Waals surface area contributed by atoms with Gasteiger partial charge in [0.05, 0.1) is 17.6 Å². The van der Waals surface area contributed by atoms with E-state index in [2.05, 4.69) is 51.8 Å². The van der Waals surface area contributed by atoms with Gasteiger partial charge in [-0.2, -0.15) is 5.26 Å². The van der Waals surface area contributed by atoms with E-state index in [-0.39, 0.29) is 11.2 Å². The third-order valence-electron chi connectivity index (χ3n) is 5.34. The quantitative estimate of drug-likeness (QED) is 0.498. The molecule has 2 aliphatic rings. The van der Waals surface area contributed by atoms with Gasteiger partial charge in [-0.3, -0.25) is 9.69 Å². The first-order valence-corrected chi connectivity index (χ1v) is 11.6. The standard InChI is InChI=1S/C22H19Br2N3OS/c1-22(2)8-16-20(17(28)9-22)19(18-7-13(24)11-29-18)15(10-25)21(26)27(16)14-5-3-12(23)4-6-14/h3-7,11,19H,8-9,26H2,1-2H3. The number of allylic oxidation sites excluding steroid dienone is 3. The van der Waals surface area contributed by atoms with Crippen LogP contribution in [0, 0.1) is 16.7 Å². The van der Waals surface area contributed by atoms with Crippen molar-refractivity contribution in [2.75, 3.05) is 4.90 Å². The highest BCUT2D eigenvalue weighted by Gasteiger charge is 2.45. The molecule has 1 aliphatic carbocycles. The molecule has 0 bridgehead atoms. The van der Waals surface area contributed by atoms with Crippen LogP contribution in [0.25, 0.3) is 0 Å². The predicted molar refractivity (Wildman–Crippen MR) is 123 cm³/mol. The maximum Gasteiger partial charge on any atom is 0.162 e. The molecule has 1 aromatic heterocycles. The summed E-state index contributed by atoms with van der Waals surface area (Å²) in [7, 11) is 0. The van der Waals surface area contributed by atoms with Crippen molar-refractivity contribution in [1.82, 2.24) is 0 Å². The first-order valence-electron chi connectivity index (χ1n) is 9.17. The van der Waals surface area contributed by atoms with Crippen molar-refractivity contribution < 1.29 is 4.79 Å². The molecule has 0 saturated heterocycles. The zero-order valence-corrected chi connectivity index (χ0v) is 20.0. The second kappa shape index (κ2) is 7.42. The lowest BCUT2D eigenvalue weighted by atomic mass is 9.69. The van der Waals surface area contributed by atoms with Crippen molar-refractivity contribution >= 4 is 54.7 Å². The van der Waals surface area contributed by atoms with Gasteiger partial charge in [0.25, 0.3) is 0 Å². The fourth-order valence-electron chi connectivity index (χ4n) is 4.16. The molecule has 2 N–H and O–H groups in total. The van der Waals surface area contributed by atoms with Crippen molar-refractivity contribution in [3.05, 3.63) is 72.2 Å². The summed E-state index contributed by atoms with van der Waals surface area (Å²) in [5.74, 6) is 0.0725. The summed E-state index contributed by atoms with van der Waals surface area (Å²) in [6.07, 6.45) is 1.17. The number of ketones is 1. The Hall–Kier alpha value is -1.88. The number of hydrogen-bond acceptors (Lipinski definition) is 5. The maximum absolute atomic E-state index is 13.4. The molecule has 4 nitrogen and oxygen atoms in total. The van der Waals surface area contributed by atoms with E-state index in [1.54, 1.807) is 0 Å². The number of nitriles is 1. The normalized spacial score (nSPS) is 21.3. The molecular formula is C22H19Br2N3OS. The fraction of sp³-hybridized carbons (Fsp3) is 0.273. The Morgan fingerprint density at radius 3 is 2.48 bits per heavy atom. The van der Waals surface area contributed by atoms with Gasteiger partial charge in [-0.15, -0.1) is 11.3 Å². The summed E-state index contributed by atoms with van der Waals surface area (Å²) in [6.45, 7) is 4.20. The van der Waals surface area contributed by atoms with Gasteiger partial charge in [-0.05, 0) is 58.1 Å². The Kier molecular flexibility index (Phi) is 5.22. The Morgan fingerprint density at radius 2 is 1.90 bits per heavy atom. The lowest BCUT2D eigenvalue weighted by Crippen LogP contribution is -2.42. The van der Waals surface area contributed by atoms with Crippen molar-refractivity contribution in [2.24, 2.45) is 11.1 Å². The summed E-state index contributed by atoms with van der Waals surface area (Å²) in [4.78, 5) is 16.2. The van der Waals surface area contributed by atoms with Crippen LogP contribution in [0.2, 0.25) is 0 Å². The SMILES string of the molecule is CC1(C)CC(=O)C2=C(C1)N(c1ccc(Br)cc1)C(N)=C(C#N)C2c1cc(Br)cs1. The molecule has 0 amide bonds. The van der Waals surface area contributed by atoms with E-state index in [1.165, 1.54) is 11.3 Å². The molecule has 0 saturated carbocycles. The molecule has 2 heterocycles. The lowest BCUT2D eigenvalue weighted by molar-refractivity contribution is -0.118. The molecule has 148 valence electrons. The summed E-state index contributed by atoms with van der Waals surface area (Å²) in [5.41, 5.74) is 9.30. The summed E-state index contributed by atoms with van der Waals surface area (Å²) < 4.78 is 1.89. The van der Waals surface area contributed by atoms with Crippen molar-refractivity contribution in [3.63, 3.8) is 0 Å². The number of thiophene rings is 1. The lowest BCUT2D eigenvalue weighted by Gasteiger charge is -2.43. The van der Waals surface area contributed by atoms with Crippen LogP contribution in [-0.4, -0.2) is 5.78 Å². The number of benzene rings is 1. The zero-order chi connectivity index (χ0) is 20.9. The molecule has 1 aromatic carbocycles. The van der Waals surface area contributed by atoms with Gasteiger partial charge in [0, 0.05) is 42.6 Å². The third-order valence-corrected chi connectivity index (χ3v) is 7.63. The number of carbonyl (C=O) groups is 1. The molecule has 1 atom stereocenters. The largest absolute Gasteiger partial charge is 0.384 e. The molecule has 7 heteroatoms. The van der Waals surface area contributed by atoms with Gasteiger partial charge in [0.1, 0.15) is 5.82 Å². The van der Waals surface area contributed by atoms with Gasteiger partial charge in [0.15, 0.2) is 5.78 Å². The number of nitrogens with two attached hydrogens (primary N) is 1. The van der Waals surface area contributed by atoms with Gasteiger partial charge in [-0.1, -0.05) is 29.8 Å². The summed E-state index contributed by atoms with van der Waals surface area (Å²) in [5, 5.41) is 12.0. The molecule has 0 fully saturated rings. The number of carbonyl (C=O) groups excluding carboxylic acids is 1. The minimum atomic E-state index is -0.415. The van der Waals surface area contributed by atoms with E-state index in [0.717, 1.165) is 25.2 Å². The Balaban J connectivity index is 1.99. The van der Waals surface area contributed by atoms with Crippen LogP contribution in [0.1, 0.15) is 37.5 Å². The summed E-state index contributed by atoms with van der Waals surface area (Å²) in [6, 6.07) is 12.1. The van der Waals surface area contributed by atoms with Crippen LogP contribution in [0.15, 0.2) is 67.3 Å². The van der Waals surface area contributed by atoms with Crippen LogP contribution >= 0.6 is 43.2 Å². The molecule has 29 heavy (non-hydrogen) atoms. The summed E-state index contributed by atoms with van der Waals surface area (Å²) >= 11 is 8.50. The van der Waals surface area contributed by atoms with Crippen molar-refractivity contribution in [1.29, 1.82) is 5.26 Å². The van der Waals surface area contributed by atoms with Crippen LogP contribution in [0.3, 0.4) is 0 Å². The zero-order valence-electron chi connectivity index (χ0n) is 16.0. The first-order chi connectivity index (χ1) is 13.7. The van der Waals surface area contributed by atoms with E-state index in [1.807, 2.05) is 40.6 Å². The van der Waals surface area contributed by atoms with Crippen molar-refractivity contribution in [2.45, 2.75) is 32.6 Å². The molecule has 1 unspecified atom stereocenters. The molecule has 4 rings (SSSR count). The van der Waals surface area contributed by atoms with Crippen LogP contribution < -0.4 is 10.6 Å². The van der Waals surface area contributed by atoms with Gasteiger partial charge in [0.2, 0.25) is 0 Å². The number of anilines is 1. The monoisotopic (exact) mass is 531 g/mol. The van der Waals surface area contributed by atoms with E-state index in [4.69, 9.17) is 5.73 Å². The molecule has 1 aliphatic heterocycles. The van der Waals surface area contributed by atoms with Crippen LogP contribution in [-0.2, 0) is 4.79 Å². The third kappa shape index (κ3) is 3.58. The highest BCUT2D eigenvalue weighted by atomic mass is 79.9. The average molecular weight is 533 g/mol. The molecular weight excluding hydrogens is 514 g/mol. The predicted octanol–water partition coefficient (Wildman–Crippen LogP) is 6.21. The van der Waals surface area contributed by atoms with Gasteiger partial charge in [-0.25, -0.2) is 0 Å². The Labute approximate surface area is 191 Å². The van der Waals surface area contributed by atoms with E-state index in [0.29, 0.717) is 29.8 Å². The minimum Gasteiger partial charge on any atom is -0.384 e. The smallest absolute Gasteiger partial charge is 0.162 e. The van der Waals surface area contributed by atoms with Crippen molar-refractivity contribution in [3.8, 4) is 6.07 Å². The minimum absolute atomic E-state index is 0.0909. The number of hydrogen-bond donors (Lipinski definition) is 1. The number of nitrogens with zero attached hydrogens (tertiary/aromatic N) is 2. The molecule has 0 spiro atoms. The van der Waals surface area contributed by atoms with E-state index in [9.17, 15) is 10.1 Å². The fourth-order valence-corrected chi connectivity index (χ4v) is 5.98. The number of rotatable bonds is 2. The van der Waals surface area contributed by atoms with Crippen LogP contribution in [0.4, 0.5) is 5.69 Å². The van der Waals surface area contributed by atoms with E-state index >= 15 is 0 Å². The number of Topliss-reactive ketones (excluding diaryl/α,β-unsaturated/α-hetero) is 1. The maximum atomic E-state index is 13.4. The average Bonchev–Trinajstić information content (AvgIpc) is 3.07. The van der Waals surface area contributed by atoms with Gasteiger partial charge < -0.3 is 5.73 Å². The van der Waals surface area contributed by atoms with Gasteiger partial charge >= 0.3 is 0 Å². The second-order valence-electron chi connectivity index (χ2n) is 8.12. The van der Waals surface area contributed by atoms with E-state index < -0.39 is 5.92 Å². The highest BCUT2D eigenvalue weighted by molar-refractivity contribution is 9.10. The Bertz CT molecular complexity index is 1110. The molecule has 0 radical (unpaired) electrons.